The van der Waals surface area contributed by atoms with E-state index in [1.165, 1.54) is 12.8 Å². The predicted octanol–water partition coefficient (Wildman–Crippen LogP) is 1.67. The van der Waals surface area contributed by atoms with Gasteiger partial charge in [-0.05, 0) is 25.7 Å². The van der Waals surface area contributed by atoms with Crippen molar-refractivity contribution in [1.29, 1.82) is 0 Å². The number of hydroxylamine groups is 1. The number of amides is 1. The van der Waals surface area contributed by atoms with Crippen LogP contribution in [-0.2, 0) is 9.63 Å². The van der Waals surface area contributed by atoms with E-state index in [-0.39, 0.29) is 18.4 Å². The third kappa shape index (κ3) is 3.19. The summed E-state index contributed by atoms with van der Waals surface area (Å²) in [6.45, 7) is 0. The van der Waals surface area contributed by atoms with Crippen LogP contribution >= 0.6 is 0 Å². The molecule has 4 nitrogen and oxygen atoms in total. The van der Waals surface area contributed by atoms with Crippen LogP contribution in [0.15, 0.2) is 0 Å². The highest BCUT2D eigenvalue weighted by Crippen LogP contribution is 2.32. The van der Waals surface area contributed by atoms with Crippen LogP contribution in [0.25, 0.3) is 0 Å². The Hall–Kier alpha value is -0.610. The van der Waals surface area contributed by atoms with Crippen molar-refractivity contribution in [1.82, 2.24) is 5.48 Å². The van der Waals surface area contributed by atoms with Gasteiger partial charge in [-0.3, -0.25) is 9.63 Å². The second-order valence-corrected chi connectivity index (χ2v) is 5.16. The van der Waals surface area contributed by atoms with E-state index < -0.39 is 5.60 Å². The molecular formula is C12H21NO3. The molecule has 0 unspecified atom stereocenters. The Balaban J connectivity index is 1.67. The molecule has 4 heteroatoms. The van der Waals surface area contributed by atoms with Gasteiger partial charge in [0, 0.05) is 0 Å². The summed E-state index contributed by atoms with van der Waals surface area (Å²) >= 11 is 0. The molecule has 0 atom stereocenters. The van der Waals surface area contributed by atoms with Crippen LogP contribution in [0, 0.1) is 0 Å². The van der Waals surface area contributed by atoms with Crippen molar-refractivity contribution in [3.8, 4) is 0 Å². The molecule has 2 fully saturated rings. The van der Waals surface area contributed by atoms with E-state index in [9.17, 15) is 9.90 Å². The van der Waals surface area contributed by atoms with Gasteiger partial charge < -0.3 is 5.11 Å². The highest BCUT2D eigenvalue weighted by atomic mass is 16.7. The quantitative estimate of drug-likeness (QED) is 0.718. The third-order valence-corrected chi connectivity index (χ3v) is 3.67. The number of aliphatic hydroxyl groups is 1. The lowest BCUT2D eigenvalue weighted by Crippen LogP contribution is -2.36. The maximum Gasteiger partial charge on any atom is 0.246 e. The zero-order valence-corrected chi connectivity index (χ0v) is 9.71. The molecule has 0 aromatic rings. The van der Waals surface area contributed by atoms with Crippen LogP contribution in [0.4, 0.5) is 0 Å². The number of rotatable bonds is 4. The first kappa shape index (κ1) is 11.9. The van der Waals surface area contributed by atoms with Gasteiger partial charge in [0.05, 0.1) is 18.1 Å². The molecule has 0 aliphatic heterocycles. The standard InChI is InChI=1S/C12H21NO3/c14-11(9-12(15)7-3-4-8-12)13-16-10-5-1-2-6-10/h10,15H,1-9H2,(H,13,14). The van der Waals surface area contributed by atoms with Gasteiger partial charge in [-0.2, -0.15) is 0 Å². The lowest BCUT2D eigenvalue weighted by atomic mass is 9.98. The summed E-state index contributed by atoms with van der Waals surface area (Å²) < 4.78 is 0. The van der Waals surface area contributed by atoms with E-state index in [2.05, 4.69) is 5.48 Å². The summed E-state index contributed by atoms with van der Waals surface area (Å²) in [6.07, 6.45) is 8.32. The molecular weight excluding hydrogens is 206 g/mol. The minimum Gasteiger partial charge on any atom is -0.389 e. The second kappa shape index (κ2) is 5.15. The second-order valence-electron chi connectivity index (χ2n) is 5.16. The highest BCUT2D eigenvalue weighted by molar-refractivity contribution is 5.75. The molecule has 0 radical (unpaired) electrons. The van der Waals surface area contributed by atoms with Gasteiger partial charge >= 0.3 is 0 Å². The van der Waals surface area contributed by atoms with Gasteiger partial charge in [-0.15, -0.1) is 0 Å². The third-order valence-electron chi connectivity index (χ3n) is 3.67. The lowest BCUT2D eigenvalue weighted by Gasteiger charge is -2.21. The Bertz CT molecular complexity index is 243. The average molecular weight is 227 g/mol. The molecule has 0 saturated heterocycles. The van der Waals surface area contributed by atoms with Crippen LogP contribution in [0.2, 0.25) is 0 Å². The summed E-state index contributed by atoms with van der Waals surface area (Å²) in [6, 6.07) is 0. The fourth-order valence-corrected chi connectivity index (χ4v) is 2.70. The first-order valence-electron chi connectivity index (χ1n) is 6.35. The molecule has 0 heterocycles. The van der Waals surface area contributed by atoms with Crippen molar-refractivity contribution in [2.24, 2.45) is 0 Å². The largest absolute Gasteiger partial charge is 0.389 e. The molecule has 2 aliphatic rings. The summed E-state index contributed by atoms with van der Waals surface area (Å²) in [5.74, 6) is -0.184. The topological polar surface area (TPSA) is 58.6 Å². The highest BCUT2D eigenvalue weighted by Gasteiger charge is 2.33. The molecule has 16 heavy (non-hydrogen) atoms. The van der Waals surface area contributed by atoms with Crippen LogP contribution in [-0.4, -0.2) is 22.7 Å². The Morgan fingerprint density at radius 2 is 1.88 bits per heavy atom. The van der Waals surface area contributed by atoms with Gasteiger partial charge in [0.25, 0.3) is 0 Å². The fraction of sp³-hybridized carbons (Fsp3) is 0.917. The molecule has 0 bridgehead atoms. The lowest BCUT2D eigenvalue weighted by molar-refractivity contribution is -0.143. The Kier molecular flexibility index (Phi) is 3.82. The average Bonchev–Trinajstić information content (AvgIpc) is 2.86. The monoisotopic (exact) mass is 227 g/mol. The molecule has 2 rings (SSSR count). The molecule has 0 aromatic heterocycles. The molecule has 92 valence electrons. The molecule has 0 spiro atoms. The first-order valence-corrected chi connectivity index (χ1v) is 6.35. The Morgan fingerprint density at radius 1 is 1.25 bits per heavy atom. The maximum atomic E-state index is 11.6. The number of nitrogens with one attached hydrogen (secondary N) is 1. The molecule has 2 aliphatic carbocycles. The van der Waals surface area contributed by atoms with E-state index in [4.69, 9.17) is 4.84 Å². The van der Waals surface area contributed by atoms with E-state index in [1.807, 2.05) is 0 Å². The minimum absolute atomic E-state index is 0.180. The van der Waals surface area contributed by atoms with E-state index in [0.29, 0.717) is 0 Å². The van der Waals surface area contributed by atoms with Gasteiger partial charge in [-0.25, -0.2) is 5.48 Å². The van der Waals surface area contributed by atoms with Gasteiger partial charge in [-0.1, -0.05) is 25.7 Å². The van der Waals surface area contributed by atoms with Gasteiger partial charge in [0.1, 0.15) is 0 Å². The summed E-state index contributed by atoms with van der Waals surface area (Å²) in [7, 11) is 0. The van der Waals surface area contributed by atoms with Crippen molar-refractivity contribution in [2.75, 3.05) is 0 Å². The van der Waals surface area contributed by atoms with E-state index in [1.54, 1.807) is 0 Å². The summed E-state index contributed by atoms with van der Waals surface area (Å²) in [5, 5.41) is 10.0. The van der Waals surface area contributed by atoms with Gasteiger partial charge in [0.2, 0.25) is 5.91 Å². The van der Waals surface area contributed by atoms with Crippen LogP contribution < -0.4 is 5.48 Å². The summed E-state index contributed by atoms with van der Waals surface area (Å²) in [5.41, 5.74) is 1.70. The van der Waals surface area contributed by atoms with Crippen molar-refractivity contribution in [2.45, 2.75) is 69.5 Å². The normalized spacial score (nSPS) is 24.8. The molecule has 1 amide bonds. The smallest absolute Gasteiger partial charge is 0.246 e. The van der Waals surface area contributed by atoms with Crippen LogP contribution in [0.5, 0.6) is 0 Å². The Morgan fingerprint density at radius 3 is 2.50 bits per heavy atom. The number of carbonyl (C=O) groups excluding carboxylic acids is 1. The minimum atomic E-state index is -0.775. The maximum absolute atomic E-state index is 11.6. The molecule has 0 aromatic carbocycles. The zero-order chi connectivity index (χ0) is 11.4. The van der Waals surface area contributed by atoms with Crippen molar-refractivity contribution in [3.05, 3.63) is 0 Å². The fourth-order valence-electron chi connectivity index (χ4n) is 2.70. The predicted molar refractivity (Wildman–Crippen MR) is 59.5 cm³/mol. The first-order chi connectivity index (χ1) is 7.68. The van der Waals surface area contributed by atoms with Crippen molar-refractivity contribution >= 4 is 5.91 Å². The van der Waals surface area contributed by atoms with Crippen LogP contribution in [0.1, 0.15) is 57.8 Å². The SMILES string of the molecule is O=C(CC1(O)CCCC1)NOC1CCCC1. The number of carbonyl (C=O) groups is 1. The molecule has 2 saturated carbocycles. The van der Waals surface area contributed by atoms with Crippen molar-refractivity contribution < 1.29 is 14.7 Å². The zero-order valence-electron chi connectivity index (χ0n) is 9.71. The molecule has 2 N–H and O–H groups in total. The number of hydrogen-bond acceptors (Lipinski definition) is 3. The Labute approximate surface area is 96.3 Å². The van der Waals surface area contributed by atoms with Crippen LogP contribution in [0.3, 0.4) is 0 Å². The van der Waals surface area contributed by atoms with Gasteiger partial charge in [0.15, 0.2) is 0 Å². The van der Waals surface area contributed by atoms with Crippen molar-refractivity contribution in [3.63, 3.8) is 0 Å². The van der Waals surface area contributed by atoms with E-state index in [0.717, 1.165) is 38.5 Å². The number of hydrogen-bond donors (Lipinski definition) is 2. The van der Waals surface area contributed by atoms with E-state index >= 15 is 0 Å². The summed E-state index contributed by atoms with van der Waals surface area (Å²) in [4.78, 5) is 16.9.